The number of fused-ring (bicyclic) bond motifs is 1. The Kier molecular flexibility index (Phi) is 7.10. The molecule has 0 fully saturated rings. The number of unbranched alkanes of at least 4 members (excludes halogenated alkanes) is 2. The van der Waals surface area contributed by atoms with E-state index in [0.29, 0.717) is 46.9 Å². The molecule has 0 aliphatic carbocycles. The molecule has 0 aliphatic heterocycles. The van der Waals surface area contributed by atoms with Crippen LogP contribution in [0.4, 0.5) is 0 Å². The molecule has 34 heavy (non-hydrogen) atoms. The second-order valence-corrected chi connectivity index (χ2v) is 7.86. The molecule has 4 rings (SSSR count). The van der Waals surface area contributed by atoms with Crippen LogP contribution in [-0.2, 0) is 13.1 Å². The maximum absolute atomic E-state index is 13.3. The molecule has 9 heteroatoms. The molecule has 0 unspecified atom stereocenters. The molecule has 178 valence electrons. The topological polar surface area (TPSA) is 101 Å². The lowest BCUT2D eigenvalue weighted by atomic mass is 10.2. The summed E-state index contributed by atoms with van der Waals surface area (Å²) in [5, 5.41) is 4.56. The third kappa shape index (κ3) is 4.59. The zero-order valence-corrected chi connectivity index (χ0v) is 19.6. The zero-order chi connectivity index (χ0) is 24.1. The number of aromatic nitrogens is 4. The molecule has 4 aromatic rings. The van der Waals surface area contributed by atoms with E-state index in [9.17, 15) is 9.59 Å². The van der Waals surface area contributed by atoms with E-state index in [2.05, 4.69) is 17.1 Å². The average molecular weight is 465 g/mol. The number of benzene rings is 2. The highest BCUT2D eigenvalue weighted by atomic mass is 16.5. The van der Waals surface area contributed by atoms with Crippen LogP contribution in [0, 0.1) is 0 Å². The number of hydrogen-bond donors (Lipinski definition) is 0. The second kappa shape index (κ2) is 10.4. The van der Waals surface area contributed by atoms with Gasteiger partial charge in [0.05, 0.1) is 24.6 Å². The molecule has 2 heterocycles. The molecular formula is C25H28N4O5. The van der Waals surface area contributed by atoms with Gasteiger partial charge in [0.2, 0.25) is 11.7 Å². The van der Waals surface area contributed by atoms with E-state index >= 15 is 0 Å². The third-order valence-corrected chi connectivity index (χ3v) is 5.60. The van der Waals surface area contributed by atoms with E-state index < -0.39 is 0 Å². The number of nitrogens with zero attached hydrogens (tertiary/aromatic N) is 4. The molecule has 0 N–H and O–H groups in total. The summed E-state index contributed by atoms with van der Waals surface area (Å²) in [7, 11) is 1.57. The van der Waals surface area contributed by atoms with Crippen molar-refractivity contribution in [1.29, 1.82) is 0 Å². The van der Waals surface area contributed by atoms with Crippen molar-refractivity contribution >= 4 is 10.9 Å². The summed E-state index contributed by atoms with van der Waals surface area (Å²) in [4.78, 5) is 30.7. The first kappa shape index (κ1) is 23.3. The molecule has 2 aromatic heterocycles. The molecule has 0 amide bonds. The summed E-state index contributed by atoms with van der Waals surface area (Å²) in [6, 6.07) is 12.5. The fourth-order valence-electron chi connectivity index (χ4n) is 3.89. The molecule has 2 aromatic carbocycles. The first-order chi connectivity index (χ1) is 16.6. The van der Waals surface area contributed by atoms with Gasteiger partial charge in [0, 0.05) is 12.1 Å². The normalized spacial score (nSPS) is 11.1. The minimum absolute atomic E-state index is 0.0502. The molecule has 0 spiro atoms. The van der Waals surface area contributed by atoms with Crippen LogP contribution in [0.1, 0.15) is 39.0 Å². The fourth-order valence-corrected chi connectivity index (χ4v) is 3.89. The lowest BCUT2D eigenvalue weighted by molar-refractivity contribution is 0.311. The molecule has 0 saturated carbocycles. The van der Waals surface area contributed by atoms with Crippen LogP contribution in [0.3, 0.4) is 0 Å². The number of hydrogen-bond acceptors (Lipinski definition) is 7. The predicted octanol–water partition coefficient (Wildman–Crippen LogP) is 3.86. The largest absolute Gasteiger partial charge is 0.493 e. The second-order valence-electron chi connectivity index (χ2n) is 7.86. The highest BCUT2D eigenvalue weighted by Crippen LogP contribution is 2.31. The van der Waals surface area contributed by atoms with Gasteiger partial charge in [-0.05, 0) is 43.7 Å². The Hall–Kier alpha value is -3.88. The monoisotopic (exact) mass is 464 g/mol. The molecule has 0 atom stereocenters. The Labute approximate surface area is 196 Å². The molecule has 0 saturated heterocycles. The molecule has 9 nitrogen and oxygen atoms in total. The maximum atomic E-state index is 13.3. The van der Waals surface area contributed by atoms with Crippen molar-refractivity contribution in [3.8, 4) is 22.9 Å². The van der Waals surface area contributed by atoms with E-state index in [-0.39, 0.29) is 23.7 Å². The van der Waals surface area contributed by atoms with Gasteiger partial charge in [-0.15, -0.1) is 0 Å². The van der Waals surface area contributed by atoms with Crippen molar-refractivity contribution in [1.82, 2.24) is 19.3 Å². The summed E-state index contributed by atoms with van der Waals surface area (Å²) in [5.74, 6) is 1.81. The van der Waals surface area contributed by atoms with E-state index in [0.717, 1.165) is 19.3 Å². The van der Waals surface area contributed by atoms with Crippen molar-refractivity contribution in [2.45, 2.75) is 46.2 Å². The molecular weight excluding hydrogens is 436 g/mol. The summed E-state index contributed by atoms with van der Waals surface area (Å²) < 4.78 is 19.2. The summed E-state index contributed by atoms with van der Waals surface area (Å²) in [5.41, 5.74) is 0.562. The Bertz CT molecular complexity index is 1400. The minimum atomic E-state index is -0.387. The minimum Gasteiger partial charge on any atom is -0.493 e. The predicted molar refractivity (Wildman–Crippen MR) is 129 cm³/mol. The number of methoxy groups -OCH3 is 1. The highest BCUT2D eigenvalue weighted by molar-refractivity contribution is 5.77. The van der Waals surface area contributed by atoms with Crippen molar-refractivity contribution < 1.29 is 14.0 Å². The van der Waals surface area contributed by atoms with Gasteiger partial charge in [0.1, 0.15) is 6.54 Å². The van der Waals surface area contributed by atoms with Gasteiger partial charge in [0.15, 0.2) is 11.5 Å². The standard InChI is InChI=1S/C25H28N4O5/c1-4-6-9-14-28-24(30)18-10-7-8-11-19(18)29(25(28)31)16-22-26-23(27-34-22)17-12-13-20(33-5-2)21(15-17)32-3/h7-8,10-13,15H,4-6,9,14,16H2,1-3H3. The lowest BCUT2D eigenvalue weighted by Crippen LogP contribution is -2.40. The van der Waals surface area contributed by atoms with Crippen LogP contribution in [-0.4, -0.2) is 33.0 Å². The summed E-state index contributed by atoms with van der Waals surface area (Å²) in [6.45, 7) is 4.92. The van der Waals surface area contributed by atoms with Crippen LogP contribution < -0.4 is 20.7 Å². The lowest BCUT2D eigenvalue weighted by Gasteiger charge is -2.12. The quantitative estimate of drug-likeness (QED) is 0.329. The van der Waals surface area contributed by atoms with Gasteiger partial charge in [-0.25, -0.2) is 4.79 Å². The van der Waals surface area contributed by atoms with Crippen molar-refractivity contribution in [3.05, 3.63) is 69.2 Å². The van der Waals surface area contributed by atoms with Crippen LogP contribution in [0.5, 0.6) is 11.5 Å². The van der Waals surface area contributed by atoms with E-state index in [4.69, 9.17) is 14.0 Å². The third-order valence-electron chi connectivity index (χ3n) is 5.60. The Balaban J connectivity index is 1.70. The SMILES string of the molecule is CCCCCn1c(=O)c2ccccc2n(Cc2nc(-c3ccc(OCC)c(OC)c3)no2)c1=O. The maximum Gasteiger partial charge on any atom is 0.331 e. The van der Waals surface area contributed by atoms with Crippen LogP contribution in [0.25, 0.3) is 22.3 Å². The zero-order valence-electron chi connectivity index (χ0n) is 19.6. The van der Waals surface area contributed by atoms with Crippen molar-refractivity contribution in [3.63, 3.8) is 0 Å². The van der Waals surface area contributed by atoms with Gasteiger partial charge >= 0.3 is 5.69 Å². The van der Waals surface area contributed by atoms with Gasteiger partial charge in [0.25, 0.3) is 5.56 Å². The van der Waals surface area contributed by atoms with Gasteiger partial charge < -0.3 is 14.0 Å². The van der Waals surface area contributed by atoms with E-state index in [1.807, 2.05) is 13.0 Å². The Morgan fingerprint density at radius 2 is 1.82 bits per heavy atom. The summed E-state index contributed by atoms with van der Waals surface area (Å²) >= 11 is 0. The van der Waals surface area contributed by atoms with Crippen molar-refractivity contribution in [2.24, 2.45) is 0 Å². The van der Waals surface area contributed by atoms with Gasteiger partial charge in [-0.1, -0.05) is 37.1 Å². The van der Waals surface area contributed by atoms with Crippen molar-refractivity contribution in [2.75, 3.05) is 13.7 Å². The van der Waals surface area contributed by atoms with E-state index in [1.165, 1.54) is 9.13 Å². The fraction of sp³-hybridized carbons (Fsp3) is 0.360. The smallest absolute Gasteiger partial charge is 0.331 e. The molecule has 0 bridgehead atoms. The Morgan fingerprint density at radius 1 is 1.00 bits per heavy atom. The highest BCUT2D eigenvalue weighted by Gasteiger charge is 2.17. The number of ether oxygens (including phenoxy) is 2. The molecule has 0 aliphatic rings. The average Bonchev–Trinajstić information content (AvgIpc) is 3.33. The van der Waals surface area contributed by atoms with Crippen LogP contribution in [0.15, 0.2) is 56.6 Å². The van der Waals surface area contributed by atoms with Crippen LogP contribution in [0.2, 0.25) is 0 Å². The number of rotatable bonds is 10. The van der Waals surface area contributed by atoms with Gasteiger partial charge in [-0.3, -0.25) is 13.9 Å². The molecule has 0 radical (unpaired) electrons. The Morgan fingerprint density at radius 3 is 2.59 bits per heavy atom. The van der Waals surface area contributed by atoms with Crippen LogP contribution >= 0.6 is 0 Å². The van der Waals surface area contributed by atoms with Gasteiger partial charge in [-0.2, -0.15) is 4.98 Å². The van der Waals surface area contributed by atoms with E-state index in [1.54, 1.807) is 43.5 Å². The first-order valence-electron chi connectivity index (χ1n) is 11.4. The number of para-hydroxylation sites is 1. The summed E-state index contributed by atoms with van der Waals surface area (Å²) in [6.07, 6.45) is 2.70. The first-order valence-corrected chi connectivity index (χ1v) is 11.4.